The van der Waals surface area contributed by atoms with Crippen LogP contribution in [0.25, 0.3) is 0 Å². The third-order valence-corrected chi connectivity index (χ3v) is 4.55. The first-order valence-corrected chi connectivity index (χ1v) is 8.65. The molecule has 0 aliphatic rings. The summed E-state index contributed by atoms with van der Waals surface area (Å²) in [6.45, 7) is 1.75. The number of aryl methyl sites for hydroxylation is 1. The molecule has 23 heavy (non-hydrogen) atoms. The lowest BCUT2D eigenvalue weighted by molar-refractivity contribution is 0.102. The van der Waals surface area contributed by atoms with E-state index in [1.54, 1.807) is 37.3 Å². The Kier molecular flexibility index (Phi) is 4.70. The predicted octanol–water partition coefficient (Wildman–Crippen LogP) is 2.78. The Morgan fingerprint density at radius 1 is 1.17 bits per heavy atom. The molecule has 0 radical (unpaired) electrons. The van der Waals surface area contributed by atoms with Gasteiger partial charge in [-0.1, -0.05) is 23.8 Å². The summed E-state index contributed by atoms with van der Waals surface area (Å²) in [5.41, 5.74) is 1.24. The van der Waals surface area contributed by atoms with Gasteiger partial charge in [0.25, 0.3) is 5.91 Å². The van der Waals surface area contributed by atoms with Crippen molar-refractivity contribution in [3.05, 3.63) is 59.4 Å². The summed E-state index contributed by atoms with van der Waals surface area (Å²) in [5.74, 6) is -1.28. The zero-order valence-electron chi connectivity index (χ0n) is 13.0. The summed E-state index contributed by atoms with van der Waals surface area (Å²) in [6, 6.07) is 10.7. The quantitative estimate of drug-likeness (QED) is 0.933. The fourth-order valence-electron chi connectivity index (χ4n) is 2.04. The Hall–Kier alpha value is -2.41. The van der Waals surface area contributed by atoms with Gasteiger partial charge in [-0.2, -0.15) is 0 Å². The molecule has 0 fully saturated rings. The standard InChI is InChI=1S/C16H17FN2O3S/c1-11-8-9-13(17)12(10-11)16(20)18-14-6-4-5-7-15(14)19(2)23(3,21)22/h4-10H,1-3H3,(H,18,20). The zero-order chi connectivity index (χ0) is 17.2. The maximum Gasteiger partial charge on any atom is 0.258 e. The van der Waals surface area contributed by atoms with Crippen LogP contribution in [0.1, 0.15) is 15.9 Å². The smallest absolute Gasteiger partial charge is 0.258 e. The lowest BCUT2D eigenvalue weighted by Crippen LogP contribution is -2.26. The third-order valence-electron chi connectivity index (χ3n) is 3.36. The van der Waals surface area contributed by atoms with Crippen LogP contribution in [0.4, 0.5) is 15.8 Å². The molecule has 0 unspecified atom stereocenters. The normalized spacial score (nSPS) is 11.1. The van der Waals surface area contributed by atoms with Gasteiger partial charge in [-0.25, -0.2) is 12.8 Å². The molecular weight excluding hydrogens is 319 g/mol. The summed E-state index contributed by atoms with van der Waals surface area (Å²) in [6.07, 6.45) is 1.06. The first-order chi connectivity index (χ1) is 10.7. The number of carbonyl (C=O) groups is 1. The van der Waals surface area contributed by atoms with Crippen LogP contribution in [0.3, 0.4) is 0 Å². The minimum atomic E-state index is -3.49. The average molecular weight is 336 g/mol. The van der Waals surface area contributed by atoms with Crippen molar-refractivity contribution in [1.82, 2.24) is 0 Å². The molecule has 0 aliphatic heterocycles. The largest absolute Gasteiger partial charge is 0.320 e. The molecule has 1 amide bonds. The van der Waals surface area contributed by atoms with E-state index in [2.05, 4.69) is 5.32 Å². The van der Waals surface area contributed by atoms with Gasteiger partial charge in [0.05, 0.1) is 23.2 Å². The van der Waals surface area contributed by atoms with Crippen molar-refractivity contribution in [2.24, 2.45) is 0 Å². The highest BCUT2D eigenvalue weighted by Gasteiger charge is 2.18. The SMILES string of the molecule is Cc1ccc(F)c(C(=O)Nc2ccccc2N(C)S(C)(=O)=O)c1. The van der Waals surface area contributed by atoms with Gasteiger partial charge in [-0.05, 0) is 31.2 Å². The monoisotopic (exact) mass is 336 g/mol. The second-order valence-electron chi connectivity index (χ2n) is 5.19. The molecule has 2 aromatic carbocycles. The van der Waals surface area contributed by atoms with Gasteiger partial charge in [0, 0.05) is 7.05 Å². The lowest BCUT2D eigenvalue weighted by atomic mass is 10.1. The number of amides is 1. The van der Waals surface area contributed by atoms with Crippen molar-refractivity contribution in [2.45, 2.75) is 6.92 Å². The summed E-state index contributed by atoms with van der Waals surface area (Å²) in [5, 5.41) is 2.56. The second kappa shape index (κ2) is 6.37. The highest BCUT2D eigenvalue weighted by Crippen LogP contribution is 2.27. The maximum atomic E-state index is 13.8. The van der Waals surface area contributed by atoms with Crippen LogP contribution in [0.5, 0.6) is 0 Å². The molecule has 0 aromatic heterocycles. The molecule has 122 valence electrons. The number of nitrogens with zero attached hydrogens (tertiary/aromatic N) is 1. The van der Waals surface area contributed by atoms with Crippen LogP contribution in [-0.4, -0.2) is 27.6 Å². The van der Waals surface area contributed by atoms with Gasteiger partial charge in [0.15, 0.2) is 0 Å². The minimum absolute atomic E-state index is 0.0955. The third kappa shape index (κ3) is 3.87. The molecule has 0 bridgehead atoms. The van der Waals surface area contributed by atoms with Gasteiger partial charge in [0.2, 0.25) is 10.0 Å². The summed E-state index contributed by atoms with van der Waals surface area (Å²) in [7, 11) is -2.10. The fourth-order valence-corrected chi connectivity index (χ4v) is 2.55. The van der Waals surface area contributed by atoms with Crippen molar-refractivity contribution in [3.63, 3.8) is 0 Å². The van der Waals surface area contributed by atoms with Gasteiger partial charge >= 0.3 is 0 Å². The second-order valence-corrected chi connectivity index (χ2v) is 7.20. The van der Waals surface area contributed by atoms with Crippen LogP contribution < -0.4 is 9.62 Å². The number of sulfonamides is 1. The van der Waals surface area contributed by atoms with E-state index in [1.807, 2.05) is 0 Å². The van der Waals surface area contributed by atoms with E-state index in [1.165, 1.54) is 19.2 Å². The molecule has 0 saturated heterocycles. The van der Waals surface area contributed by atoms with Gasteiger partial charge in [-0.15, -0.1) is 0 Å². The van der Waals surface area contributed by atoms with Crippen LogP contribution in [0.15, 0.2) is 42.5 Å². The Morgan fingerprint density at radius 3 is 2.48 bits per heavy atom. The number of rotatable bonds is 4. The number of halogens is 1. The Balaban J connectivity index is 2.38. The fraction of sp³-hybridized carbons (Fsp3) is 0.188. The molecule has 0 aliphatic carbocycles. The number of anilines is 2. The van der Waals surface area contributed by atoms with Crippen LogP contribution in [-0.2, 0) is 10.0 Å². The highest BCUT2D eigenvalue weighted by molar-refractivity contribution is 7.92. The number of hydrogen-bond donors (Lipinski definition) is 1. The van der Waals surface area contributed by atoms with E-state index >= 15 is 0 Å². The number of carbonyl (C=O) groups excluding carboxylic acids is 1. The first kappa shape index (κ1) is 17.0. The summed E-state index contributed by atoms with van der Waals surface area (Å²) >= 11 is 0. The molecule has 1 N–H and O–H groups in total. The number of para-hydroxylation sites is 2. The molecule has 5 nitrogen and oxygen atoms in total. The van der Waals surface area contributed by atoms with E-state index in [9.17, 15) is 17.6 Å². The van der Waals surface area contributed by atoms with Crippen molar-refractivity contribution < 1.29 is 17.6 Å². The topological polar surface area (TPSA) is 66.5 Å². The van der Waals surface area contributed by atoms with Crippen molar-refractivity contribution >= 4 is 27.3 Å². The van der Waals surface area contributed by atoms with E-state index in [0.29, 0.717) is 5.69 Å². The zero-order valence-corrected chi connectivity index (χ0v) is 13.8. The van der Waals surface area contributed by atoms with E-state index < -0.39 is 21.7 Å². The molecule has 7 heteroatoms. The Labute approximate surface area is 134 Å². The van der Waals surface area contributed by atoms with Crippen molar-refractivity contribution in [3.8, 4) is 0 Å². The Bertz CT molecular complexity index is 850. The summed E-state index contributed by atoms with van der Waals surface area (Å²) < 4.78 is 38.2. The van der Waals surface area contributed by atoms with Gasteiger partial charge in [0.1, 0.15) is 5.82 Å². The molecule has 0 heterocycles. The van der Waals surface area contributed by atoms with Crippen molar-refractivity contribution in [2.75, 3.05) is 22.9 Å². The van der Waals surface area contributed by atoms with Crippen molar-refractivity contribution in [1.29, 1.82) is 0 Å². The Morgan fingerprint density at radius 2 is 1.83 bits per heavy atom. The number of hydrogen-bond acceptors (Lipinski definition) is 3. The summed E-state index contributed by atoms with van der Waals surface area (Å²) in [4.78, 5) is 12.3. The van der Waals surface area contributed by atoms with E-state index in [-0.39, 0.29) is 11.3 Å². The average Bonchev–Trinajstić information content (AvgIpc) is 2.48. The van der Waals surface area contributed by atoms with Crippen LogP contribution >= 0.6 is 0 Å². The molecule has 0 saturated carbocycles. The number of benzene rings is 2. The van der Waals surface area contributed by atoms with E-state index in [0.717, 1.165) is 16.1 Å². The van der Waals surface area contributed by atoms with Crippen LogP contribution in [0.2, 0.25) is 0 Å². The molecule has 2 rings (SSSR count). The first-order valence-electron chi connectivity index (χ1n) is 6.80. The van der Waals surface area contributed by atoms with Gasteiger partial charge in [-0.3, -0.25) is 9.10 Å². The molecule has 2 aromatic rings. The maximum absolute atomic E-state index is 13.8. The van der Waals surface area contributed by atoms with Gasteiger partial charge < -0.3 is 5.32 Å². The van der Waals surface area contributed by atoms with E-state index in [4.69, 9.17) is 0 Å². The minimum Gasteiger partial charge on any atom is -0.320 e. The van der Waals surface area contributed by atoms with Crippen LogP contribution in [0, 0.1) is 12.7 Å². The highest BCUT2D eigenvalue weighted by atomic mass is 32.2. The predicted molar refractivity (Wildman–Crippen MR) is 88.8 cm³/mol. The number of nitrogens with one attached hydrogen (secondary N) is 1. The molecular formula is C16H17FN2O3S. The molecule has 0 atom stereocenters. The molecule has 0 spiro atoms. The lowest BCUT2D eigenvalue weighted by Gasteiger charge is -2.20.